The molecule has 1 aliphatic heterocycles. The standard InChI is InChI=1S/C19H22N2O2/c1-17-12-21(16(22)13-4-6-15(23-3)7-5-13)19(11-20)10-14(17)8-9-18(17,19)2/h4-7,14H,8-10,12H2,1-3H3/t14-,17+,18+,19+/m1/s1. The number of carbonyl (C=O) groups excluding carboxylic acids is 1. The zero-order valence-corrected chi connectivity index (χ0v) is 13.9. The SMILES string of the molecule is COc1ccc(C(=O)N2C[C@@]3(C)[C@@H]4CC[C@]3(C)[C@@]2(C#N)C4)cc1. The zero-order valence-electron chi connectivity index (χ0n) is 13.9. The molecule has 1 amide bonds. The first-order valence-electron chi connectivity index (χ1n) is 8.29. The number of hydrogen-bond acceptors (Lipinski definition) is 3. The van der Waals surface area contributed by atoms with E-state index in [1.54, 1.807) is 31.4 Å². The summed E-state index contributed by atoms with van der Waals surface area (Å²) in [5.41, 5.74) is -0.00953. The van der Waals surface area contributed by atoms with E-state index in [1.807, 2.05) is 4.90 Å². The van der Waals surface area contributed by atoms with Crippen molar-refractivity contribution in [1.29, 1.82) is 5.26 Å². The summed E-state index contributed by atoms with van der Waals surface area (Å²) in [7, 11) is 1.61. The van der Waals surface area contributed by atoms with Crippen LogP contribution in [0.15, 0.2) is 24.3 Å². The van der Waals surface area contributed by atoms with Gasteiger partial charge in [-0.05, 0) is 54.9 Å². The minimum atomic E-state index is -0.637. The van der Waals surface area contributed by atoms with E-state index >= 15 is 0 Å². The molecule has 23 heavy (non-hydrogen) atoms. The van der Waals surface area contributed by atoms with Crippen LogP contribution in [-0.2, 0) is 0 Å². The number of piperidine rings is 1. The smallest absolute Gasteiger partial charge is 0.255 e. The molecule has 2 saturated carbocycles. The van der Waals surface area contributed by atoms with Gasteiger partial charge in [0, 0.05) is 17.5 Å². The van der Waals surface area contributed by atoms with Gasteiger partial charge in [-0.2, -0.15) is 5.26 Å². The van der Waals surface area contributed by atoms with Crippen molar-refractivity contribution in [1.82, 2.24) is 4.90 Å². The van der Waals surface area contributed by atoms with Crippen molar-refractivity contribution in [2.24, 2.45) is 16.7 Å². The van der Waals surface area contributed by atoms with Crippen molar-refractivity contribution in [2.45, 2.75) is 38.6 Å². The molecular weight excluding hydrogens is 288 g/mol. The number of likely N-dealkylation sites (tertiary alicyclic amines) is 1. The van der Waals surface area contributed by atoms with E-state index in [2.05, 4.69) is 19.9 Å². The molecule has 120 valence electrons. The predicted octanol–water partition coefficient (Wildman–Crippen LogP) is 3.24. The maximum absolute atomic E-state index is 13.1. The van der Waals surface area contributed by atoms with Crippen molar-refractivity contribution in [3.05, 3.63) is 29.8 Å². The summed E-state index contributed by atoms with van der Waals surface area (Å²) in [5.74, 6) is 1.29. The molecule has 4 nitrogen and oxygen atoms in total. The lowest BCUT2D eigenvalue weighted by atomic mass is 9.66. The van der Waals surface area contributed by atoms with Crippen LogP contribution in [0.3, 0.4) is 0 Å². The van der Waals surface area contributed by atoms with Crippen molar-refractivity contribution in [3.8, 4) is 11.8 Å². The predicted molar refractivity (Wildman–Crippen MR) is 85.9 cm³/mol. The van der Waals surface area contributed by atoms with Crippen molar-refractivity contribution in [2.75, 3.05) is 13.7 Å². The van der Waals surface area contributed by atoms with E-state index in [9.17, 15) is 10.1 Å². The third-order valence-electron chi connectivity index (χ3n) is 7.32. The average Bonchev–Trinajstić information content (AvgIpc) is 3.03. The fraction of sp³-hybridized carbons (Fsp3) is 0.579. The van der Waals surface area contributed by atoms with Crippen LogP contribution < -0.4 is 4.74 Å². The lowest BCUT2D eigenvalue weighted by Gasteiger charge is -2.43. The molecule has 1 heterocycles. The molecule has 0 N–H and O–H groups in total. The van der Waals surface area contributed by atoms with Crippen LogP contribution in [0.5, 0.6) is 5.75 Å². The molecule has 1 saturated heterocycles. The first-order valence-corrected chi connectivity index (χ1v) is 8.29. The minimum absolute atomic E-state index is 0.0236. The van der Waals surface area contributed by atoms with Crippen LogP contribution in [0.2, 0.25) is 0 Å². The Labute approximate surface area is 137 Å². The molecule has 4 heteroatoms. The van der Waals surface area contributed by atoms with Gasteiger partial charge in [-0.25, -0.2) is 0 Å². The number of carbonyl (C=O) groups is 1. The first-order chi connectivity index (χ1) is 10.9. The second-order valence-corrected chi connectivity index (χ2v) is 7.78. The Balaban J connectivity index is 1.73. The molecule has 1 aromatic carbocycles. The number of rotatable bonds is 2. The molecule has 4 atom stereocenters. The number of nitriles is 1. The van der Waals surface area contributed by atoms with Crippen LogP contribution in [-0.4, -0.2) is 30.0 Å². The summed E-state index contributed by atoms with van der Waals surface area (Å²) >= 11 is 0. The minimum Gasteiger partial charge on any atom is -0.497 e. The number of amides is 1. The van der Waals surface area contributed by atoms with Gasteiger partial charge in [-0.15, -0.1) is 0 Å². The molecule has 0 radical (unpaired) electrons. The van der Waals surface area contributed by atoms with E-state index in [0.717, 1.165) is 18.6 Å². The highest BCUT2D eigenvalue weighted by molar-refractivity contribution is 5.96. The second-order valence-electron chi connectivity index (χ2n) is 7.78. The third kappa shape index (κ3) is 1.44. The molecule has 2 aliphatic carbocycles. The number of benzene rings is 1. The first kappa shape index (κ1) is 14.6. The number of methoxy groups -OCH3 is 1. The summed E-state index contributed by atoms with van der Waals surface area (Å²) in [6.07, 6.45) is 3.08. The quantitative estimate of drug-likeness (QED) is 0.842. The Bertz CT molecular complexity index is 722. The number of ether oxygens (including phenoxy) is 1. The monoisotopic (exact) mass is 310 g/mol. The van der Waals surface area contributed by atoms with Gasteiger partial charge in [0.05, 0.1) is 13.2 Å². The summed E-state index contributed by atoms with van der Waals surface area (Å²) in [6.45, 7) is 5.21. The van der Waals surface area contributed by atoms with E-state index < -0.39 is 5.54 Å². The van der Waals surface area contributed by atoms with E-state index in [0.29, 0.717) is 18.0 Å². The molecule has 0 unspecified atom stereocenters. The Morgan fingerprint density at radius 1 is 1.35 bits per heavy atom. The third-order valence-corrected chi connectivity index (χ3v) is 7.32. The van der Waals surface area contributed by atoms with E-state index in [1.165, 1.54) is 6.42 Å². The summed E-state index contributed by atoms with van der Waals surface area (Å²) in [4.78, 5) is 15.0. The Kier molecular flexibility index (Phi) is 2.71. The molecule has 3 fully saturated rings. The highest BCUT2D eigenvalue weighted by atomic mass is 16.5. The van der Waals surface area contributed by atoms with Gasteiger partial charge in [0.2, 0.25) is 0 Å². The van der Waals surface area contributed by atoms with E-state index in [4.69, 9.17) is 4.74 Å². The fourth-order valence-corrected chi connectivity index (χ4v) is 5.64. The maximum atomic E-state index is 13.1. The Morgan fingerprint density at radius 2 is 2.04 bits per heavy atom. The summed E-state index contributed by atoms with van der Waals surface area (Å²) in [6, 6.07) is 9.76. The highest BCUT2D eigenvalue weighted by Crippen LogP contribution is 2.75. The van der Waals surface area contributed by atoms with Gasteiger partial charge in [0.1, 0.15) is 11.3 Å². The lowest BCUT2D eigenvalue weighted by molar-refractivity contribution is 0.0430. The van der Waals surface area contributed by atoms with Crippen molar-refractivity contribution >= 4 is 5.91 Å². The average molecular weight is 310 g/mol. The normalized spacial score (nSPS) is 40.3. The number of nitrogens with zero attached hydrogens (tertiary/aromatic N) is 2. The van der Waals surface area contributed by atoms with Crippen molar-refractivity contribution in [3.63, 3.8) is 0 Å². The van der Waals surface area contributed by atoms with E-state index in [-0.39, 0.29) is 16.7 Å². The highest BCUT2D eigenvalue weighted by Gasteiger charge is 2.78. The molecule has 4 bridgehead atoms. The molecule has 3 aliphatic rings. The van der Waals surface area contributed by atoms with Crippen molar-refractivity contribution < 1.29 is 9.53 Å². The van der Waals surface area contributed by atoms with Gasteiger partial charge in [-0.1, -0.05) is 13.8 Å². The van der Waals surface area contributed by atoms with Crippen LogP contribution in [0, 0.1) is 28.1 Å². The second kappa shape index (κ2) is 4.29. The summed E-state index contributed by atoms with van der Waals surface area (Å²) < 4.78 is 5.16. The maximum Gasteiger partial charge on any atom is 0.255 e. The molecular formula is C19H22N2O2. The fourth-order valence-electron chi connectivity index (χ4n) is 5.64. The molecule has 0 spiro atoms. The van der Waals surface area contributed by atoms with Gasteiger partial charge in [-0.3, -0.25) is 4.79 Å². The Hall–Kier alpha value is -2.02. The largest absolute Gasteiger partial charge is 0.497 e. The van der Waals surface area contributed by atoms with Crippen LogP contribution in [0.1, 0.15) is 43.5 Å². The van der Waals surface area contributed by atoms with Gasteiger partial charge < -0.3 is 9.64 Å². The lowest BCUT2D eigenvalue weighted by Crippen LogP contribution is -2.54. The van der Waals surface area contributed by atoms with Crippen LogP contribution in [0.4, 0.5) is 0 Å². The topological polar surface area (TPSA) is 53.3 Å². The van der Waals surface area contributed by atoms with Crippen LogP contribution in [0.25, 0.3) is 0 Å². The van der Waals surface area contributed by atoms with Gasteiger partial charge >= 0.3 is 0 Å². The van der Waals surface area contributed by atoms with Crippen LogP contribution >= 0.6 is 0 Å². The zero-order chi connectivity index (χ0) is 16.5. The molecule has 1 aromatic rings. The Morgan fingerprint density at radius 3 is 2.61 bits per heavy atom. The molecule has 0 aromatic heterocycles. The number of hydrogen-bond donors (Lipinski definition) is 0. The van der Waals surface area contributed by atoms with Gasteiger partial charge in [0.15, 0.2) is 0 Å². The van der Waals surface area contributed by atoms with Gasteiger partial charge in [0.25, 0.3) is 5.91 Å². The molecule has 4 rings (SSSR count). The summed E-state index contributed by atoms with van der Waals surface area (Å²) in [5, 5.41) is 10.0.